The third-order valence-electron chi connectivity index (χ3n) is 3.76. The van der Waals surface area contributed by atoms with Gasteiger partial charge in [-0.2, -0.15) is 5.10 Å². The van der Waals surface area contributed by atoms with Gasteiger partial charge in [0.25, 0.3) is 5.91 Å². The number of rotatable bonds is 3. The molecular weight excluding hydrogens is 274 g/mol. The molecule has 0 saturated carbocycles. The Morgan fingerprint density at radius 2 is 2.29 bits per heavy atom. The highest BCUT2D eigenvalue weighted by molar-refractivity contribution is 5.91. The molecule has 1 unspecified atom stereocenters. The molecule has 0 fully saturated rings. The Hall–Kier alpha value is -2.16. The molecule has 8 nitrogen and oxygen atoms in total. The van der Waals surface area contributed by atoms with Gasteiger partial charge in [0, 0.05) is 26.3 Å². The van der Waals surface area contributed by atoms with Gasteiger partial charge < -0.3 is 9.67 Å². The summed E-state index contributed by atoms with van der Waals surface area (Å²) in [5, 5.41) is 23.2. The van der Waals surface area contributed by atoms with Gasteiger partial charge in [-0.05, 0) is 18.2 Å². The number of amides is 1. The molecule has 2 aromatic heterocycles. The normalized spacial score (nSPS) is 16.5. The molecular formula is C13H17N5O3. The number of nitrogens with one attached hydrogen (secondary N) is 1. The van der Waals surface area contributed by atoms with Gasteiger partial charge in [0.05, 0.1) is 17.9 Å². The number of hydroxylamine groups is 1. The summed E-state index contributed by atoms with van der Waals surface area (Å²) in [6, 6.07) is 5.38. The number of hydrogen-bond donors (Lipinski definition) is 3. The maximum atomic E-state index is 11.4. The zero-order valence-electron chi connectivity index (χ0n) is 11.6. The fourth-order valence-electron chi connectivity index (χ4n) is 2.59. The number of hydrogen-bond acceptors (Lipinski definition) is 5. The molecule has 0 radical (unpaired) electrons. The first-order valence-electron chi connectivity index (χ1n) is 6.64. The van der Waals surface area contributed by atoms with Crippen LogP contribution in [0.5, 0.6) is 0 Å². The third-order valence-corrected chi connectivity index (χ3v) is 3.76. The molecule has 21 heavy (non-hydrogen) atoms. The molecule has 112 valence electrons. The number of aryl methyl sites for hydroxylation is 1. The first-order chi connectivity index (χ1) is 10.1. The van der Waals surface area contributed by atoms with Crippen molar-refractivity contribution < 1.29 is 15.1 Å². The van der Waals surface area contributed by atoms with E-state index in [-0.39, 0.29) is 5.69 Å². The van der Waals surface area contributed by atoms with Crippen molar-refractivity contribution in [2.45, 2.75) is 19.3 Å². The highest BCUT2D eigenvalue weighted by Gasteiger charge is 2.26. The van der Waals surface area contributed by atoms with Gasteiger partial charge in [0.1, 0.15) is 6.23 Å². The first-order valence-corrected chi connectivity index (χ1v) is 6.64. The standard InChI is InChI=1S/C13H17N5O3/c1-16-4-2-3-11(16)13(20)17-5-6-18-9(8-17)7-10(14-18)12(19)15-21/h2-4,7,13,20-21H,5-6,8H2,1H3,(H,15,19). The second kappa shape index (κ2) is 5.32. The molecule has 0 saturated heterocycles. The van der Waals surface area contributed by atoms with Crippen LogP contribution < -0.4 is 5.48 Å². The van der Waals surface area contributed by atoms with E-state index in [4.69, 9.17) is 5.21 Å². The summed E-state index contributed by atoms with van der Waals surface area (Å²) in [6.45, 7) is 1.69. The van der Waals surface area contributed by atoms with Crippen LogP contribution in [0.3, 0.4) is 0 Å². The number of aliphatic hydroxyl groups is 1. The van der Waals surface area contributed by atoms with E-state index < -0.39 is 12.1 Å². The zero-order chi connectivity index (χ0) is 15.0. The lowest BCUT2D eigenvalue weighted by atomic mass is 10.2. The van der Waals surface area contributed by atoms with Crippen molar-refractivity contribution in [2.75, 3.05) is 6.54 Å². The van der Waals surface area contributed by atoms with Crippen molar-refractivity contribution in [2.24, 2.45) is 7.05 Å². The Balaban J connectivity index is 1.79. The third kappa shape index (κ3) is 2.44. The summed E-state index contributed by atoms with van der Waals surface area (Å²) >= 11 is 0. The monoisotopic (exact) mass is 291 g/mol. The quantitative estimate of drug-likeness (QED) is 0.540. The molecule has 1 aliphatic heterocycles. The molecule has 0 spiro atoms. The van der Waals surface area contributed by atoms with Crippen molar-refractivity contribution in [3.63, 3.8) is 0 Å². The van der Waals surface area contributed by atoms with Gasteiger partial charge in [-0.3, -0.25) is 19.6 Å². The van der Waals surface area contributed by atoms with E-state index in [1.807, 2.05) is 34.8 Å². The fraction of sp³-hybridized carbons (Fsp3) is 0.385. The predicted molar refractivity (Wildman–Crippen MR) is 72.3 cm³/mol. The summed E-state index contributed by atoms with van der Waals surface area (Å²) in [7, 11) is 1.89. The van der Waals surface area contributed by atoms with Crippen LogP contribution in [-0.2, 0) is 20.1 Å². The largest absolute Gasteiger partial charge is 0.372 e. The highest BCUT2D eigenvalue weighted by Crippen LogP contribution is 2.23. The Kier molecular flexibility index (Phi) is 3.50. The molecule has 3 rings (SSSR count). The minimum Gasteiger partial charge on any atom is -0.372 e. The molecule has 0 aromatic carbocycles. The minimum absolute atomic E-state index is 0.169. The van der Waals surface area contributed by atoms with Crippen LogP contribution in [0.25, 0.3) is 0 Å². The smallest absolute Gasteiger partial charge is 0.295 e. The van der Waals surface area contributed by atoms with E-state index in [1.54, 1.807) is 16.2 Å². The molecule has 0 bridgehead atoms. The highest BCUT2D eigenvalue weighted by atomic mass is 16.5. The van der Waals surface area contributed by atoms with Crippen LogP contribution in [0.1, 0.15) is 28.1 Å². The Morgan fingerprint density at radius 1 is 1.48 bits per heavy atom. The summed E-state index contributed by atoms with van der Waals surface area (Å²) in [4.78, 5) is 13.3. The van der Waals surface area contributed by atoms with Crippen LogP contribution >= 0.6 is 0 Å². The second-order valence-electron chi connectivity index (χ2n) is 5.07. The number of nitrogens with zero attached hydrogens (tertiary/aromatic N) is 4. The minimum atomic E-state index is -0.705. The SMILES string of the molecule is Cn1cccc1C(O)N1CCn2nc(C(=O)NO)cc2C1. The lowest BCUT2D eigenvalue weighted by Crippen LogP contribution is -2.37. The molecule has 1 aliphatic rings. The van der Waals surface area contributed by atoms with Crippen molar-refractivity contribution in [1.82, 2.24) is 24.7 Å². The van der Waals surface area contributed by atoms with Crippen LogP contribution in [-0.4, -0.2) is 42.0 Å². The lowest BCUT2D eigenvalue weighted by molar-refractivity contribution is -0.0216. The number of carbonyl (C=O) groups excluding carboxylic acids is 1. The number of aromatic nitrogens is 3. The van der Waals surface area contributed by atoms with Crippen molar-refractivity contribution >= 4 is 5.91 Å². The molecule has 3 N–H and O–H groups in total. The first kappa shape index (κ1) is 13.8. The molecule has 0 aliphatic carbocycles. The maximum absolute atomic E-state index is 11.4. The lowest BCUT2D eigenvalue weighted by Gasteiger charge is -2.31. The van der Waals surface area contributed by atoms with Gasteiger partial charge >= 0.3 is 0 Å². The zero-order valence-corrected chi connectivity index (χ0v) is 11.6. The van der Waals surface area contributed by atoms with E-state index in [9.17, 15) is 9.90 Å². The molecule has 1 amide bonds. The summed E-state index contributed by atoms with van der Waals surface area (Å²) in [5.74, 6) is -0.633. The fourth-order valence-corrected chi connectivity index (χ4v) is 2.59. The van der Waals surface area contributed by atoms with Gasteiger partial charge in [-0.1, -0.05) is 0 Å². The van der Waals surface area contributed by atoms with Crippen LogP contribution in [0.4, 0.5) is 0 Å². The molecule has 8 heteroatoms. The number of aliphatic hydroxyl groups excluding tert-OH is 1. The molecule has 2 aromatic rings. The van der Waals surface area contributed by atoms with Gasteiger partial charge in [0.15, 0.2) is 5.69 Å². The van der Waals surface area contributed by atoms with Crippen molar-refractivity contribution in [3.05, 3.63) is 41.5 Å². The van der Waals surface area contributed by atoms with Crippen LogP contribution in [0.2, 0.25) is 0 Å². The van der Waals surface area contributed by atoms with Gasteiger partial charge in [0.2, 0.25) is 0 Å². The predicted octanol–water partition coefficient (Wildman–Crippen LogP) is -0.153. The number of fused-ring (bicyclic) bond motifs is 1. The topological polar surface area (TPSA) is 95.5 Å². The van der Waals surface area contributed by atoms with Crippen LogP contribution in [0, 0.1) is 0 Å². The number of carbonyl (C=O) groups is 1. The van der Waals surface area contributed by atoms with Crippen molar-refractivity contribution in [1.29, 1.82) is 0 Å². The van der Waals surface area contributed by atoms with E-state index in [0.717, 1.165) is 11.4 Å². The average molecular weight is 291 g/mol. The molecule has 3 heterocycles. The Labute approximate surface area is 121 Å². The van der Waals surface area contributed by atoms with Crippen molar-refractivity contribution in [3.8, 4) is 0 Å². The maximum Gasteiger partial charge on any atom is 0.295 e. The summed E-state index contributed by atoms with van der Waals surface area (Å²) in [5.41, 5.74) is 3.39. The Bertz CT molecular complexity index is 663. The van der Waals surface area contributed by atoms with Gasteiger partial charge in [-0.25, -0.2) is 5.48 Å². The second-order valence-corrected chi connectivity index (χ2v) is 5.07. The molecule has 1 atom stereocenters. The van der Waals surface area contributed by atoms with E-state index >= 15 is 0 Å². The Morgan fingerprint density at radius 3 is 2.95 bits per heavy atom. The summed E-state index contributed by atoms with van der Waals surface area (Å²) < 4.78 is 3.60. The average Bonchev–Trinajstić information content (AvgIpc) is 3.10. The summed E-state index contributed by atoms with van der Waals surface area (Å²) in [6.07, 6.45) is 1.18. The van der Waals surface area contributed by atoms with Crippen LogP contribution in [0.15, 0.2) is 24.4 Å². The van der Waals surface area contributed by atoms with Gasteiger partial charge in [-0.15, -0.1) is 0 Å². The van der Waals surface area contributed by atoms with E-state index in [2.05, 4.69) is 5.10 Å². The van der Waals surface area contributed by atoms with E-state index in [1.165, 1.54) is 0 Å². The van der Waals surface area contributed by atoms with E-state index in [0.29, 0.717) is 19.6 Å².